The van der Waals surface area contributed by atoms with Crippen molar-refractivity contribution in [2.24, 2.45) is 10.9 Å². The predicted molar refractivity (Wildman–Crippen MR) is 106 cm³/mol. The highest BCUT2D eigenvalue weighted by atomic mass is 35.5. The molecular weight excluding hydrogens is 402 g/mol. The number of sulfonamides is 1. The minimum Gasteiger partial charge on any atom is -0.369 e. The van der Waals surface area contributed by atoms with Gasteiger partial charge in [0.1, 0.15) is 4.90 Å². The number of carbonyl (C=O) groups excluding carboxylic acids is 1. The van der Waals surface area contributed by atoms with Crippen LogP contribution in [0.15, 0.2) is 76.6 Å². The number of pyridine rings is 1. The van der Waals surface area contributed by atoms with Crippen LogP contribution in [0.1, 0.15) is 17.0 Å². The van der Waals surface area contributed by atoms with Crippen LogP contribution in [-0.2, 0) is 14.8 Å². The van der Waals surface area contributed by atoms with Crippen molar-refractivity contribution in [1.29, 1.82) is 0 Å². The van der Waals surface area contributed by atoms with Crippen LogP contribution >= 0.6 is 11.6 Å². The SMILES string of the molecule is NC(=O)C(c1ccc(-n2ccccc2=O)c(S(N)(=O)=O)c1)c1ccccc1Cl. The summed E-state index contributed by atoms with van der Waals surface area (Å²) in [6.07, 6.45) is 1.42. The maximum Gasteiger partial charge on any atom is 0.255 e. The zero-order valence-corrected chi connectivity index (χ0v) is 16.0. The number of hydrogen-bond acceptors (Lipinski definition) is 4. The van der Waals surface area contributed by atoms with Gasteiger partial charge in [-0.25, -0.2) is 13.6 Å². The predicted octanol–water partition coefficient (Wildman–Crippen LogP) is 1.76. The number of hydrogen-bond donors (Lipinski definition) is 2. The number of halogens is 1. The van der Waals surface area contributed by atoms with Gasteiger partial charge in [-0.1, -0.05) is 41.9 Å². The molecule has 0 bridgehead atoms. The molecular formula is C19H16ClN3O4S. The van der Waals surface area contributed by atoms with E-state index in [1.807, 2.05) is 0 Å². The Kier molecular flexibility index (Phi) is 5.37. The molecule has 9 heteroatoms. The Labute approximate surface area is 166 Å². The fourth-order valence-electron chi connectivity index (χ4n) is 2.97. The molecule has 0 spiro atoms. The lowest BCUT2D eigenvalue weighted by Crippen LogP contribution is -2.25. The average molecular weight is 418 g/mol. The molecule has 28 heavy (non-hydrogen) atoms. The van der Waals surface area contributed by atoms with Gasteiger partial charge in [0.15, 0.2) is 0 Å². The summed E-state index contributed by atoms with van der Waals surface area (Å²) in [5.74, 6) is -1.70. The van der Waals surface area contributed by atoms with Gasteiger partial charge in [0.05, 0.1) is 11.6 Å². The Morgan fingerprint density at radius 2 is 1.71 bits per heavy atom. The first-order valence-electron chi connectivity index (χ1n) is 8.08. The molecule has 2 aromatic carbocycles. The highest BCUT2D eigenvalue weighted by Gasteiger charge is 2.26. The van der Waals surface area contributed by atoms with Gasteiger partial charge in [-0.3, -0.25) is 14.2 Å². The average Bonchev–Trinajstić information content (AvgIpc) is 2.63. The number of nitrogens with two attached hydrogens (primary N) is 2. The van der Waals surface area contributed by atoms with Gasteiger partial charge < -0.3 is 5.73 Å². The molecule has 0 aliphatic carbocycles. The highest BCUT2D eigenvalue weighted by molar-refractivity contribution is 7.89. The van der Waals surface area contributed by atoms with E-state index in [-0.39, 0.29) is 16.1 Å². The molecule has 1 atom stereocenters. The summed E-state index contributed by atoms with van der Waals surface area (Å²) in [5, 5.41) is 5.69. The maximum absolute atomic E-state index is 12.2. The van der Waals surface area contributed by atoms with Crippen molar-refractivity contribution >= 4 is 27.5 Å². The summed E-state index contributed by atoms with van der Waals surface area (Å²) in [4.78, 5) is 24.0. The quantitative estimate of drug-likeness (QED) is 0.655. The van der Waals surface area contributed by atoms with Gasteiger partial charge in [-0.05, 0) is 35.4 Å². The van der Waals surface area contributed by atoms with Crippen LogP contribution in [0, 0.1) is 0 Å². The van der Waals surface area contributed by atoms with E-state index in [2.05, 4.69) is 0 Å². The monoisotopic (exact) mass is 417 g/mol. The van der Waals surface area contributed by atoms with Crippen molar-refractivity contribution in [3.63, 3.8) is 0 Å². The summed E-state index contributed by atoms with van der Waals surface area (Å²) in [6.45, 7) is 0. The number of aromatic nitrogens is 1. The summed E-state index contributed by atoms with van der Waals surface area (Å²) in [6, 6.07) is 15.2. The molecule has 0 aliphatic heterocycles. The number of primary amides is 1. The van der Waals surface area contributed by atoms with E-state index in [1.165, 1.54) is 36.5 Å². The summed E-state index contributed by atoms with van der Waals surface area (Å²) < 4.78 is 25.6. The van der Waals surface area contributed by atoms with E-state index in [1.54, 1.807) is 30.3 Å². The molecule has 1 heterocycles. The number of carbonyl (C=O) groups is 1. The van der Waals surface area contributed by atoms with Crippen molar-refractivity contribution in [3.8, 4) is 5.69 Å². The van der Waals surface area contributed by atoms with E-state index in [4.69, 9.17) is 22.5 Å². The summed E-state index contributed by atoms with van der Waals surface area (Å²) in [5.41, 5.74) is 5.93. The number of nitrogens with zero attached hydrogens (tertiary/aromatic N) is 1. The third-order valence-electron chi connectivity index (χ3n) is 4.21. The molecule has 1 aromatic heterocycles. The smallest absolute Gasteiger partial charge is 0.255 e. The van der Waals surface area contributed by atoms with E-state index in [0.717, 1.165) is 4.57 Å². The van der Waals surface area contributed by atoms with Crippen LogP contribution in [0.3, 0.4) is 0 Å². The summed E-state index contributed by atoms with van der Waals surface area (Å²) >= 11 is 6.19. The second kappa shape index (κ2) is 7.59. The second-order valence-electron chi connectivity index (χ2n) is 6.04. The van der Waals surface area contributed by atoms with Crippen molar-refractivity contribution in [1.82, 2.24) is 4.57 Å². The number of rotatable bonds is 5. The molecule has 3 aromatic rings. The third-order valence-corrected chi connectivity index (χ3v) is 5.49. The Morgan fingerprint density at radius 1 is 1.04 bits per heavy atom. The topological polar surface area (TPSA) is 125 Å². The van der Waals surface area contributed by atoms with Crippen LogP contribution in [-0.4, -0.2) is 18.9 Å². The second-order valence-corrected chi connectivity index (χ2v) is 7.97. The lowest BCUT2D eigenvalue weighted by Gasteiger charge is -2.18. The van der Waals surface area contributed by atoms with Crippen LogP contribution in [0.2, 0.25) is 5.02 Å². The zero-order valence-electron chi connectivity index (χ0n) is 14.4. The first-order chi connectivity index (χ1) is 13.2. The van der Waals surface area contributed by atoms with Crippen molar-refractivity contribution in [3.05, 3.63) is 93.4 Å². The molecule has 0 radical (unpaired) electrons. The van der Waals surface area contributed by atoms with Gasteiger partial charge in [0, 0.05) is 17.3 Å². The summed E-state index contributed by atoms with van der Waals surface area (Å²) in [7, 11) is -4.22. The van der Waals surface area contributed by atoms with E-state index < -0.39 is 27.4 Å². The van der Waals surface area contributed by atoms with Gasteiger partial charge in [-0.2, -0.15) is 0 Å². The Bertz CT molecular complexity index is 1220. The fourth-order valence-corrected chi connectivity index (χ4v) is 3.97. The lowest BCUT2D eigenvalue weighted by atomic mass is 9.90. The van der Waals surface area contributed by atoms with Gasteiger partial charge >= 0.3 is 0 Å². The third kappa shape index (κ3) is 3.84. The minimum atomic E-state index is -4.22. The first-order valence-corrected chi connectivity index (χ1v) is 10.0. The first kappa shape index (κ1) is 19.8. The van der Waals surface area contributed by atoms with E-state index >= 15 is 0 Å². The molecule has 1 unspecified atom stereocenters. The lowest BCUT2D eigenvalue weighted by molar-refractivity contribution is -0.118. The Balaban J connectivity index is 2.27. The minimum absolute atomic E-state index is 0.0687. The molecule has 0 saturated carbocycles. The van der Waals surface area contributed by atoms with E-state index in [0.29, 0.717) is 10.6 Å². The Morgan fingerprint density at radius 3 is 2.32 bits per heavy atom. The molecule has 7 nitrogen and oxygen atoms in total. The molecule has 144 valence electrons. The van der Waals surface area contributed by atoms with Crippen LogP contribution < -0.4 is 16.4 Å². The highest BCUT2D eigenvalue weighted by Crippen LogP contribution is 2.32. The molecule has 0 fully saturated rings. The number of primary sulfonamides is 1. The van der Waals surface area contributed by atoms with Crippen LogP contribution in [0.5, 0.6) is 0 Å². The van der Waals surface area contributed by atoms with Gasteiger partial charge in [0.2, 0.25) is 15.9 Å². The molecule has 1 amide bonds. The van der Waals surface area contributed by atoms with Crippen LogP contribution in [0.4, 0.5) is 0 Å². The standard InChI is InChI=1S/C19H16ClN3O4S/c20-14-6-2-1-5-13(14)18(19(21)25)12-8-9-15(16(11-12)28(22,26)27)23-10-4-3-7-17(23)24/h1-11,18H,(H2,21,25)(H2,22,26,27). The van der Waals surface area contributed by atoms with Crippen molar-refractivity contribution in [2.75, 3.05) is 0 Å². The van der Waals surface area contributed by atoms with Gasteiger partial charge in [0.25, 0.3) is 5.56 Å². The maximum atomic E-state index is 12.2. The number of amides is 1. The molecule has 0 aliphatic rings. The van der Waals surface area contributed by atoms with Gasteiger partial charge in [-0.15, -0.1) is 0 Å². The molecule has 0 saturated heterocycles. The van der Waals surface area contributed by atoms with Crippen LogP contribution in [0.25, 0.3) is 5.69 Å². The van der Waals surface area contributed by atoms with Crippen molar-refractivity contribution in [2.45, 2.75) is 10.8 Å². The zero-order chi connectivity index (χ0) is 20.5. The fraction of sp³-hybridized carbons (Fsp3) is 0.0526. The van der Waals surface area contributed by atoms with Crippen molar-refractivity contribution < 1.29 is 13.2 Å². The molecule has 4 N–H and O–H groups in total. The largest absolute Gasteiger partial charge is 0.369 e. The normalized spacial score (nSPS) is 12.5. The number of benzene rings is 2. The molecule has 3 rings (SSSR count). The Hall–Kier alpha value is -2.94. The van der Waals surface area contributed by atoms with E-state index in [9.17, 15) is 18.0 Å².